The van der Waals surface area contributed by atoms with Crippen LogP contribution in [0.5, 0.6) is 0 Å². The first-order valence-corrected chi connectivity index (χ1v) is 4.79. The molecule has 0 spiro atoms. The second-order valence-corrected chi connectivity index (χ2v) is 3.16. The van der Waals surface area contributed by atoms with Crippen molar-refractivity contribution < 1.29 is 4.79 Å². The Balaban J connectivity index is 2.31. The van der Waals surface area contributed by atoms with Crippen molar-refractivity contribution in [2.75, 3.05) is 11.9 Å². The van der Waals surface area contributed by atoms with Crippen molar-refractivity contribution in [1.82, 2.24) is 5.32 Å². The van der Waals surface area contributed by atoms with Gasteiger partial charge in [0.25, 0.3) is 0 Å². The summed E-state index contributed by atoms with van der Waals surface area (Å²) in [5.74, 6) is 0.291. The third kappa shape index (κ3) is 2.06. The van der Waals surface area contributed by atoms with Crippen molar-refractivity contribution >= 4 is 21.7 Å². The smallest absolute Gasteiger partial charge is 0.160 e. The molecule has 0 aromatic rings. The second-order valence-electron chi connectivity index (χ2n) is 2.60. The summed E-state index contributed by atoms with van der Waals surface area (Å²) >= 11 is 3.16. The molecule has 0 aromatic carbocycles. The topological polar surface area (TPSA) is 29.1 Å². The van der Waals surface area contributed by atoms with Gasteiger partial charge in [-0.05, 0) is 19.4 Å². The maximum Gasteiger partial charge on any atom is 0.160 e. The number of Topliss-reactive ketones (excluding diaryl/α,β-unsaturated/α-hetero) is 1. The van der Waals surface area contributed by atoms with Crippen molar-refractivity contribution in [3.8, 4) is 0 Å². The van der Waals surface area contributed by atoms with E-state index in [0.29, 0.717) is 11.1 Å². The van der Waals surface area contributed by atoms with E-state index in [4.69, 9.17) is 0 Å². The van der Waals surface area contributed by atoms with Gasteiger partial charge in [0.1, 0.15) is 0 Å². The van der Waals surface area contributed by atoms with Gasteiger partial charge < -0.3 is 5.32 Å². The highest BCUT2D eigenvalue weighted by atomic mass is 79.9. The first-order valence-electron chi connectivity index (χ1n) is 3.66. The zero-order chi connectivity index (χ0) is 7.40. The third-order valence-corrected chi connectivity index (χ3v) is 2.38. The van der Waals surface area contributed by atoms with Crippen LogP contribution in [0.2, 0.25) is 0 Å². The lowest BCUT2D eigenvalue weighted by atomic mass is 10.0. The molecule has 1 aliphatic rings. The average molecular weight is 206 g/mol. The minimum atomic E-state index is 0.133. The molecule has 0 radical (unpaired) electrons. The molecule has 58 valence electrons. The highest BCUT2D eigenvalue weighted by Crippen LogP contribution is 2.08. The van der Waals surface area contributed by atoms with Crippen molar-refractivity contribution in [3.05, 3.63) is 0 Å². The Bertz CT molecular complexity index is 121. The van der Waals surface area contributed by atoms with E-state index in [1.807, 2.05) is 0 Å². The van der Waals surface area contributed by atoms with Crippen LogP contribution in [0.1, 0.15) is 19.3 Å². The van der Waals surface area contributed by atoms with Crippen molar-refractivity contribution in [1.29, 1.82) is 0 Å². The molecule has 0 bridgehead atoms. The van der Waals surface area contributed by atoms with Gasteiger partial charge in [-0.3, -0.25) is 4.79 Å². The second kappa shape index (κ2) is 4.09. The Morgan fingerprint density at radius 1 is 1.60 bits per heavy atom. The lowest BCUT2D eigenvalue weighted by Crippen LogP contribution is -2.40. The maximum atomic E-state index is 11.1. The number of rotatable bonds is 2. The number of hydrogen-bond donors (Lipinski definition) is 1. The summed E-state index contributed by atoms with van der Waals surface area (Å²) in [6, 6.07) is 0.133. The number of carbonyl (C=O) groups excluding carboxylic acids is 1. The van der Waals surface area contributed by atoms with Crippen LogP contribution in [0.4, 0.5) is 0 Å². The summed E-state index contributed by atoms with van der Waals surface area (Å²) in [6.07, 6.45) is 3.42. The number of piperidine rings is 1. The molecule has 1 heterocycles. The molecule has 1 fully saturated rings. The minimum absolute atomic E-state index is 0.133. The Kier molecular flexibility index (Phi) is 3.35. The Morgan fingerprint density at radius 2 is 2.40 bits per heavy atom. The first kappa shape index (κ1) is 8.21. The fourth-order valence-electron chi connectivity index (χ4n) is 1.22. The zero-order valence-electron chi connectivity index (χ0n) is 5.90. The molecule has 1 N–H and O–H groups in total. The van der Waals surface area contributed by atoms with Crippen molar-refractivity contribution in [3.63, 3.8) is 0 Å². The average Bonchev–Trinajstić information content (AvgIpc) is 2.05. The number of nitrogens with one attached hydrogen (secondary N) is 1. The van der Waals surface area contributed by atoms with Crippen LogP contribution >= 0.6 is 15.9 Å². The highest BCUT2D eigenvalue weighted by molar-refractivity contribution is 9.09. The highest BCUT2D eigenvalue weighted by Gasteiger charge is 2.18. The molecule has 0 amide bonds. The zero-order valence-corrected chi connectivity index (χ0v) is 7.49. The quantitative estimate of drug-likeness (QED) is 0.685. The van der Waals surface area contributed by atoms with Crippen LogP contribution in [0.15, 0.2) is 0 Å². The van der Waals surface area contributed by atoms with Gasteiger partial charge >= 0.3 is 0 Å². The molecule has 0 aliphatic carbocycles. The SMILES string of the molecule is O=C(CBr)C1CCCCN1. The molecular weight excluding hydrogens is 194 g/mol. The summed E-state index contributed by atoms with van der Waals surface area (Å²) < 4.78 is 0. The van der Waals surface area contributed by atoms with E-state index in [1.54, 1.807) is 0 Å². The van der Waals surface area contributed by atoms with E-state index < -0.39 is 0 Å². The molecule has 0 saturated carbocycles. The summed E-state index contributed by atoms with van der Waals surface area (Å²) in [4.78, 5) is 11.1. The number of alkyl halides is 1. The molecule has 2 nitrogen and oxygen atoms in total. The molecule has 0 aromatic heterocycles. The largest absolute Gasteiger partial charge is 0.307 e. The van der Waals surface area contributed by atoms with Gasteiger partial charge in [-0.15, -0.1) is 0 Å². The van der Waals surface area contributed by atoms with Gasteiger partial charge in [-0.25, -0.2) is 0 Å². The van der Waals surface area contributed by atoms with Gasteiger partial charge in [-0.2, -0.15) is 0 Å². The van der Waals surface area contributed by atoms with Crippen LogP contribution in [0, 0.1) is 0 Å². The number of halogens is 1. The van der Waals surface area contributed by atoms with Gasteiger partial charge in [-0.1, -0.05) is 22.4 Å². The Morgan fingerprint density at radius 3 is 2.90 bits per heavy atom. The maximum absolute atomic E-state index is 11.1. The first-order chi connectivity index (χ1) is 4.84. The number of hydrogen-bond acceptors (Lipinski definition) is 2. The third-order valence-electron chi connectivity index (χ3n) is 1.83. The van der Waals surface area contributed by atoms with E-state index in [2.05, 4.69) is 21.2 Å². The standard InChI is InChI=1S/C7H12BrNO/c8-5-7(10)6-3-1-2-4-9-6/h6,9H,1-5H2. The summed E-state index contributed by atoms with van der Waals surface area (Å²) in [6.45, 7) is 1.00. The summed E-state index contributed by atoms with van der Waals surface area (Å²) in [5, 5.41) is 3.68. The van der Waals surface area contributed by atoms with E-state index in [1.165, 1.54) is 12.8 Å². The van der Waals surface area contributed by atoms with Gasteiger partial charge in [0.05, 0.1) is 11.4 Å². The molecule has 1 saturated heterocycles. The summed E-state index contributed by atoms with van der Waals surface area (Å²) in [7, 11) is 0. The molecule has 3 heteroatoms. The van der Waals surface area contributed by atoms with Crippen LogP contribution in [0.25, 0.3) is 0 Å². The number of ketones is 1. The van der Waals surface area contributed by atoms with Crippen LogP contribution < -0.4 is 5.32 Å². The van der Waals surface area contributed by atoms with Crippen LogP contribution in [-0.2, 0) is 4.79 Å². The Labute approximate surface area is 69.5 Å². The number of carbonyl (C=O) groups is 1. The van der Waals surface area contributed by atoms with Crippen LogP contribution in [0.3, 0.4) is 0 Å². The predicted molar refractivity (Wildman–Crippen MR) is 44.4 cm³/mol. The predicted octanol–water partition coefficient (Wildman–Crippen LogP) is 1.09. The fraction of sp³-hybridized carbons (Fsp3) is 0.857. The van der Waals surface area contributed by atoms with E-state index in [9.17, 15) is 4.79 Å². The summed E-state index contributed by atoms with van der Waals surface area (Å²) in [5.41, 5.74) is 0. The lowest BCUT2D eigenvalue weighted by Gasteiger charge is -2.20. The van der Waals surface area contributed by atoms with E-state index >= 15 is 0 Å². The monoisotopic (exact) mass is 205 g/mol. The van der Waals surface area contributed by atoms with Gasteiger partial charge in [0, 0.05) is 0 Å². The Hall–Kier alpha value is 0.110. The van der Waals surface area contributed by atoms with Gasteiger partial charge in [0.15, 0.2) is 5.78 Å². The van der Waals surface area contributed by atoms with Crippen molar-refractivity contribution in [2.45, 2.75) is 25.3 Å². The normalized spacial score (nSPS) is 26.3. The van der Waals surface area contributed by atoms with Crippen LogP contribution in [-0.4, -0.2) is 23.7 Å². The molecule has 1 atom stereocenters. The lowest BCUT2D eigenvalue weighted by molar-refractivity contribution is -0.118. The molecule has 10 heavy (non-hydrogen) atoms. The minimum Gasteiger partial charge on any atom is -0.307 e. The molecule has 1 rings (SSSR count). The molecular formula is C7H12BrNO. The van der Waals surface area contributed by atoms with Crippen molar-refractivity contribution in [2.24, 2.45) is 0 Å². The molecule has 1 aliphatic heterocycles. The van der Waals surface area contributed by atoms with E-state index in [-0.39, 0.29) is 6.04 Å². The molecule has 1 unspecified atom stereocenters. The van der Waals surface area contributed by atoms with E-state index in [0.717, 1.165) is 13.0 Å². The fourth-order valence-corrected chi connectivity index (χ4v) is 1.61. The van der Waals surface area contributed by atoms with Gasteiger partial charge in [0.2, 0.25) is 0 Å².